The fourth-order valence-electron chi connectivity index (χ4n) is 3.70. The highest BCUT2D eigenvalue weighted by molar-refractivity contribution is 7.89. The molecule has 1 aliphatic heterocycles. The van der Waals surface area contributed by atoms with Crippen LogP contribution in [0.1, 0.15) is 36.3 Å². The highest BCUT2D eigenvalue weighted by Crippen LogP contribution is 2.33. The second-order valence-corrected chi connectivity index (χ2v) is 10.3. The maximum absolute atomic E-state index is 12.6. The predicted molar refractivity (Wildman–Crippen MR) is 118 cm³/mol. The molecule has 0 spiro atoms. The lowest BCUT2D eigenvalue weighted by atomic mass is 10.1. The van der Waals surface area contributed by atoms with Gasteiger partial charge in [0, 0.05) is 43.0 Å². The molecule has 0 saturated carbocycles. The van der Waals surface area contributed by atoms with Gasteiger partial charge >= 0.3 is 0 Å². The minimum atomic E-state index is -3.73. The van der Waals surface area contributed by atoms with Crippen molar-refractivity contribution in [3.63, 3.8) is 0 Å². The van der Waals surface area contributed by atoms with Gasteiger partial charge in [-0.2, -0.15) is 0 Å². The SMILES string of the molecule is CC(=O)N1c2ccc(S(=O)(=O)NCCC(=O)NCCc3sccc3C)cc2CC1C. The summed E-state index contributed by atoms with van der Waals surface area (Å²) in [4.78, 5) is 26.9. The third-order valence-corrected chi connectivity index (χ3v) is 7.74. The summed E-state index contributed by atoms with van der Waals surface area (Å²) in [5.41, 5.74) is 2.81. The molecule has 2 aromatic rings. The zero-order chi connectivity index (χ0) is 21.9. The van der Waals surface area contributed by atoms with Crippen LogP contribution in [-0.4, -0.2) is 39.4 Å². The summed E-state index contributed by atoms with van der Waals surface area (Å²) in [6, 6.07) is 6.84. The lowest BCUT2D eigenvalue weighted by Gasteiger charge is -2.20. The molecular weight excluding hydrogens is 422 g/mol. The van der Waals surface area contributed by atoms with Crippen molar-refractivity contribution in [2.24, 2.45) is 0 Å². The lowest BCUT2D eigenvalue weighted by Crippen LogP contribution is -2.33. The van der Waals surface area contributed by atoms with Gasteiger partial charge in [0.25, 0.3) is 0 Å². The van der Waals surface area contributed by atoms with E-state index in [1.807, 2.05) is 25.3 Å². The number of rotatable bonds is 8. The van der Waals surface area contributed by atoms with Crippen molar-refractivity contribution < 1.29 is 18.0 Å². The number of aryl methyl sites for hydroxylation is 1. The Morgan fingerprint density at radius 1 is 1.23 bits per heavy atom. The monoisotopic (exact) mass is 449 g/mol. The average Bonchev–Trinajstić information content (AvgIpc) is 3.22. The first-order valence-corrected chi connectivity index (χ1v) is 12.3. The number of carbonyl (C=O) groups is 2. The van der Waals surface area contributed by atoms with E-state index in [4.69, 9.17) is 0 Å². The standard InChI is InChI=1S/C21H27N3O4S2/c1-14-8-11-29-20(14)6-9-22-21(26)7-10-23-30(27,28)18-4-5-19-17(13-18)12-15(2)24(19)16(3)25/h4-5,8,11,13,15,23H,6-7,9-10,12H2,1-3H3,(H,22,26). The highest BCUT2D eigenvalue weighted by atomic mass is 32.2. The number of nitrogens with one attached hydrogen (secondary N) is 2. The molecule has 9 heteroatoms. The van der Waals surface area contributed by atoms with Crippen molar-refractivity contribution in [3.05, 3.63) is 45.6 Å². The maximum Gasteiger partial charge on any atom is 0.240 e. The number of nitrogens with zero attached hydrogens (tertiary/aromatic N) is 1. The first-order chi connectivity index (χ1) is 14.2. The number of hydrogen-bond acceptors (Lipinski definition) is 5. The summed E-state index contributed by atoms with van der Waals surface area (Å²) < 4.78 is 27.7. The fourth-order valence-corrected chi connectivity index (χ4v) is 5.69. The van der Waals surface area contributed by atoms with E-state index in [9.17, 15) is 18.0 Å². The first-order valence-electron chi connectivity index (χ1n) is 9.91. The average molecular weight is 450 g/mol. The Hall–Kier alpha value is -2.23. The first kappa shape index (κ1) is 22.5. The van der Waals surface area contributed by atoms with E-state index in [1.165, 1.54) is 23.4 Å². The molecule has 2 N–H and O–H groups in total. The number of fused-ring (bicyclic) bond motifs is 1. The molecule has 1 unspecified atom stereocenters. The van der Waals surface area contributed by atoms with Gasteiger partial charge in [0.1, 0.15) is 0 Å². The van der Waals surface area contributed by atoms with Crippen molar-refractivity contribution >= 4 is 38.9 Å². The Kier molecular flexibility index (Phi) is 6.95. The molecule has 1 aromatic heterocycles. The molecule has 1 aliphatic rings. The quantitative estimate of drug-likeness (QED) is 0.647. The van der Waals surface area contributed by atoms with Gasteiger partial charge in [-0.05, 0) is 67.5 Å². The fraction of sp³-hybridized carbons (Fsp3) is 0.429. The molecule has 7 nitrogen and oxygen atoms in total. The Morgan fingerprint density at radius 3 is 2.67 bits per heavy atom. The summed E-state index contributed by atoms with van der Waals surface area (Å²) in [6.07, 6.45) is 1.46. The number of benzene rings is 1. The number of hydrogen-bond donors (Lipinski definition) is 2. The summed E-state index contributed by atoms with van der Waals surface area (Å²) in [5.74, 6) is -0.248. The summed E-state index contributed by atoms with van der Waals surface area (Å²) in [5, 5.41) is 4.85. The number of carbonyl (C=O) groups excluding carboxylic acids is 2. The molecule has 0 radical (unpaired) electrons. The van der Waals surface area contributed by atoms with Gasteiger partial charge in [-0.1, -0.05) is 0 Å². The van der Waals surface area contributed by atoms with E-state index in [2.05, 4.69) is 10.0 Å². The number of thiophene rings is 1. The van der Waals surface area contributed by atoms with Crippen molar-refractivity contribution in [2.45, 2.75) is 51.0 Å². The lowest BCUT2D eigenvalue weighted by molar-refractivity contribution is -0.121. The molecule has 1 atom stereocenters. The van der Waals surface area contributed by atoms with Crippen LogP contribution >= 0.6 is 11.3 Å². The second kappa shape index (κ2) is 9.28. The molecule has 1 aromatic carbocycles. The van der Waals surface area contributed by atoms with Crippen LogP contribution in [0, 0.1) is 6.92 Å². The summed E-state index contributed by atoms with van der Waals surface area (Å²) in [6.45, 7) is 6.04. The van der Waals surface area contributed by atoms with Crippen LogP contribution in [0.25, 0.3) is 0 Å². The van der Waals surface area contributed by atoms with E-state index in [-0.39, 0.29) is 35.7 Å². The van der Waals surface area contributed by atoms with Crippen molar-refractivity contribution in [1.29, 1.82) is 0 Å². The molecular formula is C21H27N3O4S2. The third kappa shape index (κ3) is 5.08. The number of sulfonamides is 1. The van der Waals surface area contributed by atoms with E-state index >= 15 is 0 Å². The van der Waals surface area contributed by atoms with Crippen LogP contribution < -0.4 is 14.9 Å². The van der Waals surface area contributed by atoms with E-state index in [1.54, 1.807) is 28.4 Å². The van der Waals surface area contributed by atoms with E-state index < -0.39 is 10.0 Å². The van der Waals surface area contributed by atoms with E-state index in [0.29, 0.717) is 13.0 Å². The van der Waals surface area contributed by atoms with Gasteiger partial charge in [0.2, 0.25) is 21.8 Å². The molecule has 162 valence electrons. The van der Waals surface area contributed by atoms with Crippen LogP contribution in [0.3, 0.4) is 0 Å². The van der Waals surface area contributed by atoms with Gasteiger partial charge in [0.05, 0.1) is 4.90 Å². The van der Waals surface area contributed by atoms with Crippen molar-refractivity contribution in [3.8, 4) is 0 Å². The smallest absolute Gasteiger partial charge is 0.240 e. The molecule has 0 saturated heterocycles. The predicted octanol–water partition coefficient (Wildman–Crippen LogP) is 2.38. The van der Waals surface area contributed by atoms with Crippen molar-refractivity contribution in [1.82, 2.24) is 10.0 Å². The molecule has 3 rings (SSSR count). The van der Waals surface area contributed by atoms with Crippen LogP contribution in [0.4, 0.5) is 5.69 Å². The zero-order valence-corrected chi connectivity index (χ0v) is 19.0. The Bertz CT molecular complexity index is 1050. The largest absolute Gasteiger partial charge is 0.356 e. The molecule has 0 bridgehead atoms. The summed E-state index contributed by atoms with van der Waals surface area (Å²) >= 11 is 1.67. The third-order valence-electron chi connectivity index (χ3n) is 5.20. The second-order valence-electron chi connectivity index (χ2n) is 7.51. The van der Waals surface area contributed by atoms with Gasteiger partial charge in [0.15, 0.2) is 0 Å². The Labute approximate surface area is 181 Å². The topological polar surface area (TPSA) is 95.6 Å². The number of amides is 2. The van der Waals surface area contributed by atoms with Gasteiger partial charge in [-0.25, -0.2) is 13.1 Å². The van der Waals surface area contributed by atoms with Gasteiger partial charge in [-0.3, -0.25) is 9.59 Å². The van der Waals surface area contributed by atoms with Crippen molar-refractivity contribution in [2.75, 3.05) is 18.0 Å². The molecule has 0 aliphatic carbocycles. The van der Waals surface area contributed by atoms with Crippen LogP contribution in [0.15, 0.2) is 34.5 Å². The highest BCUT2D eigenvalue weighted by Gasteiger charge is 2.30. The Morgan fingerprint density at radius 2 is 2.00 bits per heavy atom. The van der Waals surface area contributed by atoms with Crippen LogP contribution in [0.5, 0.6) is 0 Å². The van der Waals surface area contributed by atoms with Gasteiger partial charge in [-0.15, -0.1) is 11.3 Å². The normalized spacial score (nSPS) is 15.8. The van der Waals surface area contributed by atoms with Crippen LogP contribution in [-0.2, 0) is 32.5 Å². The molecule has 2 heterocycles. The maximum atomic E-state index is 12.6. The zero-order valence-electron chi connectivity index (χ0n) is 17.4. The van der Waals surface area contributed by atoms with Gasteiger partial charge < -0.3 is 10.2 Å². The molecule has 0 fully saturated rings. The Balaban J connectivity index is 1.51. The van der Waals surface area contributed by atoms with Crippen LogP contribution in [0.2, 0.25) is 0 Å². The summed E-state index contributed by atoms with van der Waals surface area (Å²) in [7, 11) is -3.73. The van der Waals surface area contributed by atoms with E-state index in [0.717, 1.165) is 17.7 Å². The molecule has 30 heavy (non-hydrogen) atoms. The minimum absolute atomic E-state index is 0.00470. The number of anilines is 1. The minimum Gasteiger partial charge on any atom is -0.356 e. The molecule has 2 amide bonds.